The molecule has 3 aromatic carbocycles. The summed E-state index contributed by atoms with van der Waals surface area (Å²) < 4.78 is 28.2. The molecule has 0 atom stereocenters. The molecule has 0 unspecified atom stereocenters. The summed E-state index contributed by atoms with van der Waals surface area (Å²) in [7, 11) is 0. The maximum absolute atomic E-state index is 14.6. The van der Waals surface area contributed by atoms with Crippen LogP contribution in [0.2, 0.25) is 0 Å². The zero-order valence-corrected chi connectivity index (χ0v) is 14.9. The standard InChI is InChI=1S/C23H23F2N/c1-2-3-4-5-16-6-8-17(9-7-16)18-10-12-20(21(24)14-18)19-11-13-23(26)22(25)15-19/h6-15H,2-5,26H2,1H3. The van der Waals surface area contributed by atoms with Crippen molar-refractivity contribution in [2.75, 3.05) is 5.73 Å². The van der Waals surface area contributed by atoms with Gasteiger partial charge in [0.15, 0.2) is 0 Å². The van der Waals surface area contributed by atoms with Gasteiger partial charge in [-0.15, -0.1) is 0 Å². The molecule has 0 aromatic heterocycles. The van der Waals surface area contributed by atoms with Crippen LogP contribution < -0.4 is 5.73 Å². The number of nitrogen functional groups attached to an aromatic ring is 1. The molecule has 0 saturated carbocycles. The minimum absolute atomic E-state index is 0.0600. The Balaban J connectivity index is 1.81. The average molecular weight is 351 g/mol. The van der Waals surface area contributed by atoms with E-state index in [2.05, 4.69) is 19.1 Å². The van der Waals surface area contributed by atoms with Crippen LogP contribution in [0.1, 0.15) is 31.7 Å². The van der Waals surface area contributed by atoms with E-state index < -0.39 is 5.82 Å². The fourth-order valence-corrected chi connectivity index (χ4v) is 3.07. The predicted octanol–water partition coefficient (Wildman–Crippen LogP) is 6.61. The van der Waals surface area contributed by atoms with E-state index in [1.54, 1.807) is 12.1 Å². The van der Waals surface area contributed by atoms with Gasteiger partial charge in [0.2, 0.25) is 0 Å². The van der Waals surface area contributed by atoms with E-state index in [9.17, 15) is 8.78 Å². The van der Waals surface area contributed by atoms with E-state index >= 15 is 0 Å². The molecular formula is C23H23F2N. The quantitative estimate of drug-likeness (QED) is 0.392. The van der Waals surface area contributed by atoms with Gasteiger partial charge in [-0.05, 0) is 53.3 Å². The first kappa shape index (κ1) is 18.1. The second kappa shape index (κ2) is 8.13. The average Bonchev–Trinajstić information content (AvgIpc) is 2.65. The van der Waals surface area contributed by atoms with Crippen LogP contribution in [-0.2, 0) is 6.42 Å². The van der Waals surface area contributed by atoms with E-state index in [1.165, 1.54) is 43.0 Å². The summed E-state index contributed by atoms with van der Waals surface area (Å²) in [5, 5.41) is 0. The van der Waals surface area contributed by atoms with Gasteiger partial charge >= 0.3 is 0 Å². The van der Waals surface area contributed by atoms with E-state index in [4.69, 9.17) is 5.73 Å². The van der Waals surface area contributed by atoms with Crippen molar-refractivity contribution in [1.29, 1.82) is 0 Å². The molecule has 0 spiro atoms. The van der Waals surface area contributed by atoms with Crippen LogP contribution in [0.3, 0.4) is 0 Å². The second-order valence-electron chi connectivity index (χ2n) is 6.58. The van der Waals surface area contributed by atoms with Gasteiger partial charge in [0.05, 0.1) is 5.69 Å². The lowest BCUT2D eigenvalue weighted by Gasteiger charge is -2.09. The van der Waals surface area contributed by atoms with Crippen molar-refractivity contribution >= 4 is 5.69 Å². The Kier molecular flexibility index (Phi) is 5.67. The molecule has 0 aliphatic carbocycles. The van der Waals surface area contributed by atoms with Crippen LogP contribution in [0, 0.1) is 11.6 Å². The van der Waals surface area contributed by atoms with Crippen LogP contribution in [-0.4, -0.2) is 0 Å². The van der Waals surface area contributed by atoms with Crippen LogP contribution in [0.4, 0.5) is 14.5 Å². The van der Waals surface area contributed by atoms with E-state index in [1.807, 2.05) is 18.2 Å². The van der Waals surface area contributed by atoms with E-state index in [0.717, 1.165) is 17.5 Å². The zero-order chi connectivity index (χ0) is 18.5. The largest absolute Gasteiger partial charge is 0.396 e. The first-order valence-corrected chi connectivity index (χ1v) is 9.02. The topological polar surface area (TPSA) is 26.0 Å². The van der Waals surface area contributed by atoms with Crippen molar-refractivity contribution in [2.24, 2.45) is 0 Å². The van der Waals surface area contributed by atoms with Gasteiger partial charge in [-0.2, -0.15) is 0 Å². The number of halogens is 2. The fourth-order valence-electron chi connectivity index (χ4n) is 3.07. The van der Waals surface area contributed by atoms with Gasteiger partial charge < -0.3 is 5.73 Å². The number of unbranched alkanes of at least 4 members (excludes halogenated alkanes) is 2. The van der Waals surface area contributed by atoms with Crippen molar-refractivity contribution in [2.45, 2.75) is 32.6 Å². The highest BCUT2D eigenvalue weighted by Gasteiger charge is 2.09. The highest BCUT2D eigenvalue weighted by atomic mass is 19.1. The molecule has 0 radical (unpaired) electrons. The summed E-state index contributed by atoms with van der Waals surface area (Å²) in [6.45, 7) is 2.19. The third kappa shape index (κ3) is 4.10. The third-order valence-electron chi connectivity index (χ3n) is 4.64. The van der Waals surface area contributed by atoms with Crippen molar-refractivity contribution in [3.05, 3.63) is 77.9 Å². The summed E-state index contributed by atoms with van der Waals surface area (Å²) in [6.07, 6.45) is 4.71. The molecule has 0 saturated heterocycles. The Morgan fingerprint density at radius 2 is 1.38 bits per heavy atom. The van der Waals surface area contributed by atoms with Crippen molar-refractivity contribution < 1.29 is 8.78 Å². The van der Waals surface area contributed by atoms with Gasteiger partial charge in [0, 0.05) is 5.56 Å². The number of benzene rings is 3. The smallest absolute Gasteiger partial charge is 0.146 e. The lowest BCUT2D eigenvalue weighted by atomic mass is 9.98. The highest BCUT2D eigenvalue weighted by Crippen LogP contribution is 2.29. The van der Waals surface area contributed by atoms with Crippen LogP contribution in [0.25, 0.3) is 22.3 Å². The Hall–Kier alpha value is -2.68. The Labute approximate surface area is 153 Å². The molecule has 0 fully saturated rings. The molecule has 0 heterocycles. The maximum atomic E-state index is 14.6. The molecule has 0 amide bonds. The molecule has 0 aliphatic rings. The molecule has 1 nitrogen and oxygen atoms in total. The summed E-state index contributed by atoms with van der Waals surface area (Å²) in [5.41, 5.74) is 9.47. The van der Waals surface area contributed by atoms with Gasteiger partial charge in [0.25, 0.3) is 0 Å². The SMILES string of the molecule is CCCCCc1ccc(-c2ccc(-c3ccc(N)c(F)c3)c(F)c2)cc1. The number of anilines is 1. The third-order valence-corrected chi connectivity index (χ3v) is 4.64. The number of hydrogen-bond donors (Lipinski definition) is 1. The van der Waals surface area contributed by atoms with E-state index in [0.29, 0.717) is 11.1 Å². The maximum Gasteiger partial charge on any atom is 0.146 e. The lowest BCUT2D eigenvalue weighted by molar-refractivity contribution is 0.627. The van der Waals surface area contributed by atoms with E-state index in [-0.39, 0.29) is 11.5 Å². The normalized spacial score (nSPS) is 10.9. The van der Waals surface area contributed by atoms with Gasteiger partial charge in [-0.25, -0.2) is 8.78 Å². The molecule has 26 heavy (non-hydrogen) atoms. The summed E-state index contributed by atoms with van der Waals surface area (Å²) >= 11 is 0. The summed E-state index contributed by atoms with van der Waals surface area (Å²) in [4.78, 5) is 0. The van der Waals surface area contributed by atoms with Crippen molar-refractivity contribution in [3.8, 4) is 22.3 Å². The van der Waals surface area contributed by atoms with Crippen molar-refractivity contribution in [3.63, 3.8) is 0 Å². The Morgan fingerprint density at radius 3 is 2.04 bits per heavy atom. The summed E-state index contributed by atoms with van der Waals surface area (Å²) in [5.74, 6) is -0.914. The van der Waals surface area contributed by atoms with Gasteiger partial charge in [0.1, 0.15) is 11.6 Å². The monoisotopic (exact) mass is 351 g/mol. The molecule has 3 heteroatoms. The number of rotatable bonds is 6. The molecule has 2 N–H and O–H groups in total. The van der Waals surface area contributed by atoms with Crippen LogP contribution >= 0.6 is 0 Å². The zero-order valence-electron chi connectivity index (χ0n) is 14.9. The second-order valence-corrected chi connectivity index (χ2v) is 6.58. The first-order valence-electron chi connectivity index (χ1n) is 9.02. The number of hydrogen-bond acceptors (Lipinski definition) is 1. The molecule has 3 rings (SSSR count). The molecule has 0 aliphatic heterocycles. The Morgan fingerprint density at radius 1 is 0.731 bits per heavy atom. The minimum Gasteiger partial charge on any atom is -0.396 e. The predicted molar refractivity (Wildman–Crippen MR) is 105 cm³/mol. The molecular weight excluding hydrogens is 328 g/mol. The highest BCUT2D eigenvalue weighted by molar-refractivity contribution is 5.72. The van der Waals surface area contributed by atoms with Gasteiger partial charge in [-0.1, -0.05) is 62.2 Å². The summed E-state index contributed by atoms with van der Waals surface area (Å²) in [6, 6.07) is 17.6. The van der Waals surface area contributed by atoms with Crippen molar-refractivity contribution in [1.82, 2.24) is 0 Å². The number of aryl methyl sites for hydroxylation is 1. The van der Waals surface area contributed by atoms with Gasteiger partial charge in [-0.3, -0.25) is 0 Å². The number of nitrogens with two attached hydrogens (primary N) is 1. The minimum atomic E-state index is -0.537. The molecule has 3 aromatic rings. The first-order chi connectivity index (χ1) is 12.6. The molecule has 134 valence electrons. The molecule has 0 bridgehead atoms. The van der Waals surface area contributed by atoms with Crippen LogP contribution in [0.5, 0.6) is 0 Å². The fraction of sp³-hybridized carbons (Fsp3) is 0.217. The lowest BCUT2D eigenvalue weighted by Crippen LogP contribution is -1.92. The Bertz CT molecular complexity index is 885. The van der Waals surface area contributed by atoms with Crippen LogP contribution in [0.15, 0.2) is 60.7 Å².